The summed E-state index contributed by atoms with van der Waals surface area (Å²) in [6.45, 7) is 0. The molecule has 0 spiro atoms. The lowest BCUT2D eigenvalue weighted by Crippen LogP contribution is -2.36. The summed E-state index contributed by atoms with van der Waals surface area (Å²) in [5, 5.41) is 11.7. The standard InChI is InChI=1S/C10H19NO2.ClH/c1-11-9(10(12)13)7-8-5-3-2-4-6-8;/h8-9,11H,2-7H2,1H3,(H,12,13);1H/t9-;/m1./s1. The zero-order valence-electron chi connectivity index (χ0n) is 8.66. The average molecular weight is 222 g/mol. The second-order valence-electron chi connectivity index (χ2n) is 3.92. The molecule has 1 fully saturated rings. The van der Waals surface area contributed by atoms with Crippen molar-refractivity contribution in [2.75, 3.05) is 7.05 Å². The number of aliphatic carboxylic acids is 1. The molecule has 1 rings (SSSR count). The van der Waals surface area contributed by atoms with Crippen LogP contribution in [0.15, 0.2) is 0 Å². The normalized spacial score (nSPS) is 19.8. The number of nitrogens with one attached hydrogen (secondary N) is 1. The van der Waals surface area contributed by atoms with Gasteiger partial charge in [0.1, 0.15) is 6.04 Å². The first kappa shape index (κ1) is 13.7. The molecule has 0 radical (unpaired) electrons. The van der Waals surface area contributed by atoms with Crippen molar-refractivity contribution in [3.8, 4) is 0 Å². The summed E-state index contributed by atoms with van der Waals surface area (Å²) in [5.74, 6) is -0.0876. The lowest BCUT2D eigenvalue weighted by Gasteiger charge is -2.24. The molecule has 14 heavy (non-hydrogen) atoms. The monoisotopic (exact) mass is 221 g/mol. The third-order valence-electron chi connectivity index (χ3n) is 2.94. The molecule has 0 amide bonds. The summed E-state index contributed by atoms with van der Waals surface area (Å²) in [7, 11) is 1.72. The molecule has 1 atom stereocenters. The van der Waals surface area contributed by atoms with Crippen LogP contribution >= 0.6 is 12.4 Å². The Morgan fingerprint density at radius 1 is 1.43 bits per heavy atom. The van der Waals surface area contributed by atoms with Crippen LogP contribution in [0, 0.1) is 5.92 Å². The fourth-order valence-electron chi connectivity index (χ4n) is 2.10. The van der Waals surface area contributed by atoms with Crippen LogP contribution in [-0.2, 0) is 4.79 Å². The maximum absolute atomic E-state index is 10.7. The van der Waals surface area contributed by atoms with E-state index in [1.807, 2.05) is 0 Å². The number of carbonyl (C=O) groups is 1. The molecule has 1 aliphatic rings. The van der Waals surface area contributed by atoms with E-state index < -0.39 is 5.97 Å². The van der Waals surface area contributed by atoms with Crippen molar-refractivity contribution in [1.29, 1.82) is 0 Å². The molecule has 0 unspecified atom stereocenters. The third kappa shape index (κ3) is 4.29. The Morgan fingerprint density at radius 3 is 2.43 bits per heavy atom. The van der Waals surface area contributed by atoms with Gasteiger partial charge in [0.05, 0.1) is 0 Å². The van der Waals surface area contributed by atoms with Crippen LogP contribution in [-0.4, -0.2) is 24.2 Å². The van der Waals surface area contributed by atoms with Gasteiger partial charge in [-0.05, 0) is 19.4 Å². The Labute approximate surface area is 91.7 Å². The highest BCUT2D eigenvalue weighted by Crippen LogP contribution is 2.27. The molecule has 0 bridgehead atoms. The van der Waals surface area contributed by atoms with Crippen LogP contribution in [0.2, 0.25) is 0 Å². The Morgan fingerprint density at radius 2 is 2.00 bits per heavy atom. The third-order valence-corrected chi connectivity index (χ3v) is 2.94. The number of carboxylic acids is 1. The summed E-state index contributed by atoms with van der Waals surface area (Å²) < 4.78 is 0. The van der Waals surface area contributed by atoms with Gasteiger partial charge in [-0.3, -0.25) is 4.79 Å². The highest BCUT2D eigenvalue weighted by Gasteiger charge is 2.22. The van der Waals surface area contributed by atoms with Gasteiger partial charge < -0.3 is 10.4 Å². The number of rotatable bonds is 4. The van der Waals surface area contributed by atoms with E-state index in [0.717, 1.165) is 6.42 Å². The van der Waals surface area contributed by atoms with Gasteiger partial charge in [0.15, 0.2) is 0 Å². The fourth-order valence-corrected chi connectivity index (χ4v) is 2.10. The first-order valence-electron chi connectivity index (χ1n) is 5.14. The second-order valence-corrected chi connectivity index (χ2v) is 3.92. The smallest absolute Gasteiger partial charge is 0.320 e. The van der Waals surface area contributed by atoms with E-state index in [9.17, 15) is 4.79 Å². The van der Waals surface area contributed by atoms with E-state index in [2.05, 4.69) is 5.32 Å². The quantitative estimate of drug-likeness (QED) is 0.764. The minimum atomic E-state index is -0.715. The summed E-state index contributed by atoms with van der Waals surface area (Å²) in [6, 6.07) is -0.344. The van der Waals surface area contributed by atoms with Gasteiger partial charge in [0, 0.05) is 0 Å². The molecular weight excluding hydrogens is 202 g/mol. The van der Waals surface area contributed by atoms with Gasteiger partial charge in [-0.15, -0.1) is 12.4 Å². The van der Waals surface area contributed by atoms with Crippen LogP contribution in [0.4, 0.5) is 0 Å². The maximum atomic E-state index is 10.7. The van der Waals surface area contributed by atoms with Crippen LogP contribution in [0.3, 0.4) is 0 Å². The molecule has 0 aromatic carbocycles. The largest absolute Gasteiger partial charge is 0.480 e. The Bertz CT molecular complexity index is 170. The molecule has 1 saturated carbocycles. The number of likely N-dealkylation sites (N-methyl/N-ethyl adjacent to an activating group) is 1. The molecule has 1 aliphatic carbocycles. The Hall–Kier alpha value is -0.280. The lowest BCUT2D eigenvalue weighted by atomic mass is 9.85. The van der Waals surface area contributed by atoms with E-state index in [0.29, 0.717) is 5.92 Å². The van der Waals surface area contributed by atoms with Crippen molar-refractivity contribution in [2.45, 2.75) is 44.6 Å². The molecule has 4 heteroatoms. The number of halogens is 1. The van der Waals surface area contributed by atoms with Gasteiger partial charge in [0.25, 0.3) is 0 Å². The van der Waals surface area contributed by atoms with Gasteiger partial charge in [0.2, 0.25) is 0 Å². The topological polar surface area (TPSA) is 49.3 Å². The van der Waals surface area contributed by atoms with E-state index in [4.69, 9.17) is 5.11 Å². The summed E-state index contributed by atoms with van der Waals surface area (Å²) in [5.41, 5.74) is 0. The summed E-state index contributed by atoms with van der Waals surface area (Å²) >= 11 is 0. The van der Waals surface area contributed by atoms with E-state index >= 15 is 0 Å². The maximum Gasteiger partial charge on any atom is 0.320 e. The van der Waals surface area contributed by atoms with Crippen molar-refractivity contribution in [1.82, 2.24) is 5.32 Å². The van der Waals surface area contributed by atoms with Crippen molar-refractivity contribution in [3.63, 3.8) is 0 Å². The fraction of sp³-hybridized carbons (Fsp3) is 0.900. The molecule has 0 aromatic heterocycles. The molecule has 0 aliphatic heterocycles. The number of hydrogen-bond acceptors (Lipinski definition) is 2. The first-order chi connectivity index (χ1) is 6.24. The van der Waals surface area contributed by atoms with Crippen LogP contribution in [0.5, 0.6) is 0 Å². The Kier molecular flexibility index (Phi) is 6.93. The highest BCUT2D eigenvalue weighted by atomic mass is 35.5. The zero-order chi connectivity index (χ0) is 9.68. The van der Waals surface area contributed by atoms with Crippen molar-refractivity contribution in [3.05, 3.63) is 0 Å². The van der Waals surface area contributed by atoms with Gasteiger partial charge in [-0.25, -0.2) is 0 Å². The molecule has 0 heterocycles. The molecule has 0 aromatic rings. The first-order valence-corrected chi connectivity index (χ1v) is 5.14. The summed E-state index contributed by atoms with van der Waals surface area (Å²) in [6.07, 6.45) is 7.11. The van der Waals surface area contributed by atoms with Crippen LogP contribution < -0.4 is 5.32 Å². The van der Waals surface area contributed by atoms with Crippen molar-refractivity contribution in [2.24, 2.45) is 5.92 Å². The van der Waals surface area contributed by atoms with Crippen LogP contribution in [0.1, 0.15) is 38.5 Å². The van der Waals surface area contributed by atoms with Crippen LogP contribution in [0.25, 0.3) is 0 Å². The van der Waals surface area contributed by atoms with E-state index in [-0.39, 0.29) is 18.4 Å². The van der Waals surface area contributed by atoms with Crippen molar-refractivity contribution >= 4 is 18.4 Å². The predicted molar refractivity (Wildman–Crippen MR) is 58.9 cm³/mol. The predicted octanol–water partition coefficient (Wildman–Crippen LogP) is 2.05. The molecule has 3 nitrogen and oxygen atoms in total. The van der Waals surface area contributed by atoms with E-state index in [1.54, 1.807) is 7.05 Å². The van der Waals surface area contributed by atoms with E-state index in [1.165, 1.54) is 32.1 Å². The molecule has 2 N–H and O–H groups in total. The van der Waals surface area contributed by atoms with Gasteiger partial charge >= 0.3 is 5.97 Å². The Balaban J connectivity index is 0.00000169. The molecular formula is C10H20ClNO2. The molecule has 84 valence electrons. The highest BCUT2D eigenvalue weighted by molar-refractivity contribution is 5.85. The van der Waals surface area contributed by atoms with Gasteiger partial charge in [-0.1, -0.05) is 32.1 Å². The lowest BCUT2D eigenvalue weighted by molar-refractivity contribution is -0.139. The average Bonchev–Trinajstić information content (AvgIpc) is 2.15. The van der Waals surface area contributed by atoms with Gasteiger partial charge in [-0.2, -0.15) is 0 Å². The minimum Gasteiger partial charge on any atom is -0.480 e. The number of hydrogen-bond donors (Lipinski definition) is 2. The second kappa shape index (κ2) is 7.07. The molecule has 0 saturated heterocycles. The summed E-state index contributed by atoms with van der Waals surface area (Å²) in [4.78, 5) is 10.7. The number of carboxylic acid groups (broad SMARTS) is 1. The minimum absolute atomic E-state index is 0. The SMILES string of the molecule is CN[C@H](CC1CCCCC1)C(=O)O.Cl. The zero-order valence-corrected chi connectivity index (χ0v) is 9.48. The van der Waals surface area contributed by atoms with Crippen molar-refractivity contribution < 1.29 is 9.90 Å².